The Labute approximate surface area is 194 Å². The van der Waals surface area contributed by atoms with E-state index in [9.17, 15) is 4.79 Å². The van der Waals surface area contributed by atoms with Crippen LogP contribution in [-0.4, -0.2) is 14.2 Å². The van der Waals surface area contributed by atoms with E-state index >= 15 is 0 Å². The summed E-state index contributed by atoms with van der Waals surface area (Å²) in [6, 6.07) is 27.4. The van der Waals surface area contributed by atoms with Gasteiger partial charge in [0.1, 0.15) is 17.3 Å². The Balaban J connectivity index is 1.48. The molecule has 6 rings (SSSR count). The van der Waals surface area contributed by atoms with Gasteiger partial charge in [0.2, 0.25) is 0 Å². The van der Waals surface area contributed by atoms with E-state index < -0.39 is 5.63 Å². The minimum absolute atomic E-state index is 0.210. The molecule has 0 aliphatic heterocycles. The van der Waals surface area contributed by atoms with Crippen molar-refractivity contribution in [3.8, 4) is 33.9 Å². The first kappa shape index (κ1) is 20.1. The lowest BCUT2D eigenvalue weighted by Gasteiger charge is -2.06. The molecule has 0 fully saturated rings. The van der Waals surface area contributed by atoms with Gasteiger partial charge in [0.25, 0.3) is 0 Å². The van der Waals surface area contributed by atoms with Gasteiger partial charge in [-0.15, -0.1) is 0 Å². The highest BCUT2D eigenvalue weighted by molar-refractivity contribution is 5.97. The molecule has 0 saturated carbocycles. The van der Waals surface area contributed by atoms with Gasteiger partial charge in [-0.2, -0.15) is 0 Å². The number of fused-ring (bicyclic) bond motifs is 3. The lowest BCUT2D eigenvalue weighted by atomic mass is 9.99. The van der Waals surface area contributed by atoms with Crippen molar-refractivity contribution in [2.24, 2.45) is 0 Å². The highest BCUT2D eigenvalue weighted by atomic mass is 16.5. The van der Waals surface area contributed by atoms with E-state index in [4.69, 9.17) is 18.3 Å². The van der Waals surface area contributed by atoms with E-state index in [1.165, 1.54) is 6.07 Å². The van der Waals surface area contributed by atoms with Gasteiger partial charge >= 0.3 is 11.4 Å². The van der Waals surface area contributed by atoms with Crippen molar-refractivity contribution in [3.05, 3.63) is 95.3 Å². The number of furan rings is 1. The second-order valence-electron chi connectivity index (χ2n) is 8.15. The molecule has 5 heteroatoms. The maximum atomic E-state index is 12.4. The molecule has 2 aromatic heterocycles. The molecule has 166 valence electrons. The number of ether oxygens (including phenoxy) is 2. The summed E-state index contributed by atoms with van der Waals surface area (Å²) < 4.78 is 22.0. The molecule has 0 aliphatic carbocycles. The van der Waals surface area contributed by atoms with Crippen molar-refractivity contribution in [3.63, 3.8) is 0 Å². The molecule has 6 aromatic rings. The van der Waals surface area contributed by atoms with Gasteiger partial charge in [0, 0.05) is 17.2 Å². The van der Waals surface area contributed by atoms with Gasteiger partial charge in [-0.1, -0.05) is 36.4 Å². The molecule has 0 aliphatic rings. The van der Waals surface area contributed by atoms with Crippen LogP contribution in [0.4, 0.5) is 0 Å². The van der Waals surface area contributed by atoms with Crippen LogP contribution in [0.25, 0.3) is 55.2 Å². The summed E-state index contributed by atoms with van der Waals surface area (Å²) in [6.45, 7) is 0. The van der Waals surface area contributed by atoms with E-state index in [0.29, 0.717) is 5.76 Å². The maximum absolute atomic E-state index is 12.4. The molecular formula is C29H20O5. The minimum atomic E-state index is -0.455. The van der Waals surface area contributed by atoms with Gasteiger partial charge in [-0.05, 0) is 69.6 Å². The van der Waals surface area contributed by atoms with Crippen LogP contribution < -0.4 is 15.1 Å². The summed E-state index contributed by atoms with van der Waals surface area (Å²) in [5.41, 5.74) is 2.12. The summed E-state index contributed by atoms with van der Waals surface area (Å²) in [6.07, 6.45) is 0. The third-order valence-corrected chi connectivity index (χ3v) is 6.13. The molecule has 0 N–H and O–H groups in total. The van der Waals surface area contributed by atoms with Crippen LogP contribution in [0.15, 0.2) is 98.6 Å². The molecule has 0 radical (unpaired) electrons. The van der Waals surface area contributed by atoms with E-state index in [-0.39, 0.29) is 5.78 Å². The van der Waals surface area contributed by atoms with E-state index in [1.54, 1.807) is 14.2 Å². The number of hydrogen-bond acceptors (Lipinski definition) is 5. The third-order valence-electron chi connectivity index (χ3n) is 6.13. The zero-order valence-corrected chi connectivity index (χ0v) is 18.6. The van der Waals surface area contributed by atoms with Crippen molar-refractivity contribution in [1.29, 1.82) is 0 Å². The fraction of sp³-hybridized carbons (Fsp3) is 0.0690. The Kier molecular flexibility index (Phi) is 4.62. The fourth-order valence-corrected chi connectivity index (χ4v) is 4.36. The molecule has 34 heavy (non-hydrogen) atoms. The SMILES string of the molecule is COc1ccc2cc(-c3cc4c(-c5ccc6cc(OC)ccc6c5)cc(=O)oc4o3)ccc2c1. The van der Waals surface area contributed by atoms with Crippen molar-refractivity contribution in [1.82, 2.24) is 0 Å². The average molecular weight is 448 g/mol. The van der Waals surface area contributed by atoms with Crippen LogP contribution in [0.5, 0.6) is 11.5 Å². The van der Waals surface area contributed by atoms with Crippen LogP contribution in [0.1, 0.15) is 0 Å². The normalized spacial score (nSPS) is 11.4. The standard InChI is InChI=1S/C29H20O5/c1-31-23-9-7-17-11-21(5-3-19(17)13-23)25-16-28(30)34-29-26(25)15-27(33-29)22-6-4-20-14-24(32-2)10-8-18(20)12-22/h3-16H,1-2H3. The monoisotopic (exact) mass is 448 g/mol. The van der Waals surface area contributed by atoms with Crippen LogP contribution in [0.3, 0.4) is 0 Å². The molecule has 0 bridgehead atoms. The molecule has 2 heterocycles. The zero-order valence-electron chi connectivity index (χ0n) is 18.6. The Hall–Kier alpha value is -4.51. The average Bonchev–Trinajstić information content (AvgIpc) is 3.30. The number of methoxy groups -OCH3 is 2. The first-order valence-corrected chi connectivity index (χ1v) is 10.9. The molecule has 0 spiro atoms. The fourth-order valence-electron chi connectivity index (χ4n) is 4.36. The van der Waals surface area contributed by atoms with Crippen molar-refractivity contribution in [2.45, 2.75) is 0 Å². The summed E-state index contributed by atoms with van der Waals surface area (Å²) in [4.78, 5) is 12.4. The van der Waals surface area contributed by atoms with Crippen molar-refractivity contribution >= 4 is 32.7 Å². The first-order valence-electron chi connectivity index (χ1n) is 10.9. The van der Waals surface area contributed by atoms with E-state index in [0.717, 1.165) is 55.1 Å². The first-order chi connectivity index (χ1) is 16.6. The van der Waals surface area contributed by atoms with Crippen molar-refractivity contribution < 1.29 is 18.3 Å². The molecular weight excluding hydrogens is 428 g/mol. The van der Waals surface area contributed by atoms with Gasteiger partial charge in [0.05, 0.1) is 19.6 Å². The van der Waals surface area contributed by atoms with Gasteiger partial charge in [0.15, 0.2) is 0 Å². The quantitative estimate of drug-likeness (QED) is 0.289. The van der Waals surface area contributed by atoms with Crippen LogP contribution >= 0.6 is 0 Å². The Bertz CT molecular complexity index is 1760. The maximum Gasteiger partial charge on any atom is 0.339 e. The predicted molar refractivity (Wildman–Crippen MR) is 134 cm³/mol. The van der Waals surface area contributed by atoms with Crippen LogP contribution in [-0.2, 0) is 0 Å². The van der Waals surface area contributed by atoms with Gasteiger partial charge in [-0.3, -0.25) is 0 Å². The molecule has 5 nitrogen and oxygen atoms in total. The predicted octanol–water partition coefficient (Wildman–Crippen LogP) is 7.04. The summed E-state index contributed by atoms with van der Waals surface area (Å²) >= 11 is 0. The van der Waals surface area contributed by atoms with E-state index in [1.807, 2.05) is 72.8 Å². The molecule has 4 aromatic carbocycles. The van der Waals surface area contributed by atoms with Crippen molar-refractivity contribution in [2.75, 3.05) is 14.2 Å². The molecule has 0 unspecified atom stereocenters. The van der Waals surface area contributed by atoms with Crippen LogP contribution in [0, 0.1) is 0 Å². The smallest absolute Gasteiger partial charge is 0.339 e. The Morgan fingerprint density at radius 1 is 0.588 bits per heavy atom. The second kappa shape index (κ2) is 7.81. The summed E-state index contributed by atoms with van der Waals surface area (Å²) in [5.74, 6) is 2.46. The summed E-state index contributed by atoms with van der Waals surface area (Å²) in [7, 11) is 3.31. The topological polar surface area (TPSA) is 61.8 Å². The highest BCUT2D eigenvalue weighted by Gasteiger charge is 2.15. The van der Waals surface area contributed by atoms with Crippen LogP contribution in [0.2, 0.25) is 0 Å². The Morgan fingerprint density at radius 2 is 1.15 bits per heavy atom. The highest BCUT2D eigenvalue weighted by Crippen LogP contribution is 2.36. The minimum Gasteiger partial charge on any atom is -0.497 e. The van der Waals surface area contributed by atoms with Gasteiger partial charge in [-0.25, -0.2) is 4.79 Å². The lowest BCUT2D eigenvalue weighted by molar-refractivity contribution is 0.415. The second-order valence-corrected chi connectivity index (χ2v) is 8.15. The third kappa shape index (κ3) is 3.39. The molecule has 0 saturated heterocycles. The number of hydrogen-bond donors (Lipinski definition) is 0. The lowest BCUT2D eigenvalue weighted by Crippen LogP contribution is -1.96. The molecule has 0 amide bonds. The number of benzene rings is 4. The largest absolute Gasteiger partial charge is 0.497 e. The molecule has 0 atom stereocenters. The zero-order chi connectivity index (χ0) is 23.2. The number of rotatable bonds is 4. The summed E-state index contributed by atoms with van der Waals surface area (Å²) in [5, 5.41) is 4.98. The van der Waals surface area contributed by atoms with Gasteiger partial charge < -0.3 is 18.3 Å². The Morgan fingerprint density at radius 3 is 1.79 bits per heavy atom. The van der Waals surface area contributed by atoms with E-state index in [2.05, 4.69) is 6.07 Å².